The van der Waals surface area contributed by atoms with Crippen molar-refractivity contribution in [2.75, 3.05) is 7.05 Å². The molecule has 1 amide bonds. The summed E-state index contributed by atoms with van der Waals surface area (Å²) < 4.78 is 5.32. The predicted molar refractivity (Wildman–Crippen MR) is 96.7 cm³/mol. The molecule has 1 aliphatic rings. The largest absolute Gasteiger partial charge is 0.422 e. The van der Waals surface area contributed by atoms with Crippen LogP contribution in [0.1, 0.15) is 40.4 Å². The number of nitrogens with zero attached hydrogens (tertiary/aromatic N) is 1. The molecule has 0 bridgehead atoms. The van der Waals surface area contributed by atoms with Crippen LogP contribution in [0.2, 0.25) is 0 Å². The van der Waals surface area contributed by atoms with E-state index in [0.717, 1.165) is 24.6 Å². The summed E-state index contributed by atoms with van der Waals surface area (Å²) in [5, 5.41) is 0.753. The Morgan fingerprint density at radius 3 is 2.76 bits per heavy atom. The molecule has 3 aromatic rings. The van der Waals surface area contributed by atoms with Crippen LogP contribution in [0.4, 0.5) is 0 Å². The van der Waals surface area contributed by atoms with Crippen molar-refractivity contribution >= 4 is 16.9 Å². The summed E-state index contributed by atoms with van der Waals surface area (Å²) >= 11 is 0. The SMILES string of the molecule is CN(C(=O)c1cc2ccccc2oc1=O)C1CCCc2ccccc21. The Balaban J connectivity index is 1.72. The molecule has 0 N–H and O–H groups in total. The number of amides is 1. The lowest BCUT2D eigenvalue weighted by Gasteiger charge is -2.33. The fourth-order valence-corrected chi connectivity index (χ4v) is 3.67. The quantitative estimate of drug-likeness (QED) is 0.667. The molecule has 0 saturated carbocycles. The van der Waals surface area contributed by atoms with Gasteiger partial charge in [-0.1, -0.05) is 42.5 Å². The molecule has 0 aliphatic heterocycles. The van der Waals surface area contributed by atoms with Crippen molar-refractivity contribution in [2.24, 2.45) is 0 Å². The molecule has 4 rings (SSSR count). The van der Waals surface area contributed by atoms with Gasteiger partial charge in [-0.2, -0.15) is 0 Å². The van der Waals surface area contributed by atoms with E-state index in [0.29, 0.717) is 5.58 Å². The minimum atomic E-state index is -0.584. The van der Waals surface area contributed by atoms with Gasteiger partial charge in [-0.15, -0.1) is 0 Å². The first-order valence-corrected chi connectivity index (χ1v) is 8.53. The highest BCUT2D eigenvalue weighted by Gasteiger charge is 2.28. The first-order chi connectivity index (χ1) is 12.1. The van der Waals surface area contributed by atoms with E-state index in [4.69, 9.17) is 4.42 Å². The van der Waals surface area contributed by atoms with Gasteiger partial charge in [0, 0.05) is 12.4 Å². The van der Waals surface area contributed by atoms with Crippen LogP contribution in [0.15, 0.2) is 63.8 Å². The molecular weight excluding hydrogens is 314 g/mol. The Labute approximate surface area is 145 Å². The van der Waals surface area contributed by atoms with Crippen molar-refractivity contribution in [3.8, 4) is 0 Å². The molecule has 0 radical (unpaired) electrons. The van der Waals surface area contributed by atoms with E-state index in [-0.39, 0.29) is 17.5 Å². The number of hydrogen-bond donors (Lipinski definition) is 0. The first kappa shape index (κ1) is 15.6. The smallest absolute Gasteiger partial charge is 0.349 e. The Bertz CT molecular complexity index is 1010. The summed E-state index contributed by atoms with van der Waals surface area (Å²) in [6.07, 6.45) is 2.97. The van der Waals surface area contributed by atoms with Crippen LogP contribution in [0.3, 0.4) is 0 Å². The van der Waals surface area contributed by atoms with E-state index in [1.807, 2.05) is 24.3 Å². The number of carbonyl (C=O) groups is 1. The van der Waals surface area contributed by atoms with Gasteiger partial charge in [0.1, 0.15) is 11.1 Å². The van der Waals surface area contributed by atoms with Crippen LogP contribution in [-0.2, 0) is 6.42 Å². The van der Waals surface area contributed by atoms with E-state index in [2.05, 4.69) is 12.1 Å². The van der Waals surface area contributed by atoms with Gasteiger partial charge >= 0.3 is 5.63 Å². The van der Waals surface area contributed by atoms with E-state index in [1.54, 1.807) is 30.1 Å². The fourth-order valence-electron chi connectivity index (χ4n) is 3.67. The molecule has 0 fully saturated rings. The molecular formula is C21H19NO3. The summed E-state index contributed by atoms with van der Waals surface area (Å²) in [5.74, 6) is -0.291. The number of carbonyl (C=O) groups excluding carboxylic acids is 1. The Morgan fingerprint density at radius 1 is 1.12 bits per heavy atom. The van der Waals surface area contributed by atoms with Crippen molar-refractivity contribution in [2.45, 2.75) is 25.3 Å². The molecule has 1 aliphatic carbocycles. The molecule has 1 heterocycles. The van der Waals surface area contributed by atoms with Gasteiger partial charge in [0.15, 0.2) is 0 Å². The molecule has 126 valence electrons. The highest BCUT2D eigenvalue weighted by molar-refractivity contribution is 5.96. The summed E-state index contributed by atoms with van der Waals surface area (Å²) in [6.45, 7) is 0. The highest BCUT2D eigenvalue weighted by Crippen LogP contribution is 2.34. The zero-order valence-electron chi connectivity index (χ0n) is 14.1. The van der Waals surface area contributed by atoms with E-state index in [9.17, 15) is 9.59 Å². The second-order valence-electron chi connectivity index (χ2n) is 6.51. The highest BCUT2D eigenvalue weighted by atomic mass is 16.4. The summed E-state index contributed by atoms with van der Waals surface area (Å²) in [6, 6.07) is 17.1. The molecule has 0 saturated heterocycles. The van der Waals surface area contributed by atoms with Gasteiger partial charge in [0.25, 0.3) is 5.91 Å². The van der Waals surface area contributed by atoms with Crippen LogP contribution in [0, 0.1) is 0 Å². The normalized spacial score (nSPS) is 16.4. The number of fused-ring (bicyclic) bond motifs is 2. The lowest BCUT2D eigenvalue weighted by Crippen LogP contribution is -2.35. The maximum Gasteiger partial charge on any atom is 0.349 e. The maximum atomic E-state index is 13.0. The molecule has 25 heavy (non-hydrogen) atoms. The van der Waals surface area contributed by atoms with Crippen LogP contribution >= 0.6 is 0 Å². The monoisotopic (exact) mass is 333 g/mol. The van der Waals surface area contributed by atoms with E-state index < -0.39 is 5.63 Å². The topological polar surface area (TPSA) is 50.5 Å². The number of rotatable bonds is 2. The van der Waals surface area contributed by atoms with E-state index in [1.165, 1.54) is 11.1 Å². The standard InChI is InChI=1S/C21H19NO3/c1-22(18-11-6-9-14-7-2-4-10-16(14)18)20(23)17-13-15-8-3-5-12-19(15)25-21(17)24/h2-5,7-8,10,12-13,18H,6,9,11H2,1H3. The van der Waals surface area contributed by atoms with Gasteiger partial charge < -0.3 is 9.32 Å². The molecule has 0 spiro atoms. The number of aryl methyl sites for hydroxylation is 1. The fraction of sp³-hybridized carbons (Fsp3) is 0.238. The van der Waals surface area contributed by atoms with Gasteiger partial charge in [-0.3, -0.25) is 4.79 Å². The lowest BCUT2D eigenvalue weighted by atomic mass is 9.87. The summed E-state index contributed by atoms with van der Waals surface area (Å²) in [5.41, 5.74) is 2.46. The van der Waals surface area contributed by atoms with Crippen LogP contribution in [0.25, 0.3) is 11.0 Å². The molecule has 4 heteroatoms. The number of para-hydroxylation sites is 1. The van der Waals surface area contributed by atoms with Crippen LogP contribution in [-0.4, -0.2) is 17.9 Å². The lowest BCUT2D eigenvalue weighted by molar-refractivity contribution is 0.0711. The minimum absolute atomic E-state index is 0.0108. The van der Waals surface area contributed by atoms with Crippen molar-refractivity contribution in [3.05, 3.63) is 81.7 Å². The third-order valence-electron chi connectivity index (χ3n) is 5.00. The van der Waals surface area contributed by atoms with Gasteiger partial charge in [-0.05, 0) is 42.5 Å². The van der Waals surface area contributed by atoms with Crippen molar-refractivity contribution in [3.63, 3.8) is 0 Å². The predicted octanol–water partition coefficient (Wildman–Crippen LogP) is 3.94. The van der Waals surface area contributed by atoms with Gasteiger partial charge in [0.05, 0.1) is 6.04 Å². The zero-order chi connectivity index (χ0) is 17.4. The van der Waals surface area contributed by atoms with Gasteiger partial charge in [-0.25, -0.2) is 4.79 Å². The third kappa shape index (κ3) is 2.74. The Hall–Kier alpha value is -2.88. The molecule has 2 aromatic carbocycles. The van der Waals surface area contributed by atoms with Crippen LogP contribution < -0.4 is 5.63 Å². The van der Waals surface area contributed by atoms with Gasteiger partial charge in [0.2, 0.25) is 0 Å². The average Bonchev–Trinajstić information content (AvgIpc) is 2.66. The Morgan fingerprint density at radius 2 is 1.88 bits per heavy atom. The van der Waals surface area contributed by atoms with Crippen LogP contribution in [0.5, 0.6) is 0 Å². The second kappa shape index (κ2) is 6.20. The molecule has 1 aromatic heterocycles. The maximum absolute atomic E-state index is 13.0. The Kier molecular flexibility index (Phi) is 3.88. The van der Waals surface area contributed by atoms with Crippen molar-refractivity contribution in [1.29, 1.82) is 0 Å². The average molecular weight is 333 g/mol. The summed E-state index contributed by atoms with van der Waals surface area (Å²) in [4.78, 5) is 27.0. The van der Waals surface area contributed by atoms with Crippen molar-refractivity contribution < 1.29 is 9.21 Å². The summed E-state index contributed by atoms with van der Waals surface area (Å²) in [7, 11) is 1.77. The minimum Gasteiger partial charge on any atom is -0.422 e. The van der Waals surface area contributed by atoms with Crippen molar-refractivity contribution in [1.82, 2.24) is 4.90 Å². The molecule has 1 unspecified atom stereocenters. The third-order valence-corrected chi connectivity index (χ3v) is 5.00. The molecule has 1 atom stereocenters. The second-order valence-corrected chi connectivity index (χ2v) is 6.51. The zero-order valence-corrected chi connectivity index (χ0v) is 14.1. The first-order valence-electron chi connectivity index (χ1n) is 8.53. The molecule has 4 nitrogen and oxygen atoms in total. The number of hydrogen-bond acceptors (Lipinski definition) is 3. The number of benzene rings is 2. The van der Waals surface area contributed by atoms with E-state index >= 15 is 0 Å².